The third-order valence-corrected chi connectivity index (χ3v) is 6.58. The van der Waals surface area contributed by atoms with E-state index in [1.807, 2.05) is 24.4 Å². The minimum Gasteiger partial charge on any atom is -0.368 e. The van der Waals surface area contributed by atoms with Crippen LogP contribution in [0.5, 0.6) is 0 Å². The summed E-state index contributed by atoms with van der Waals surface area (Å²) in [5.41, 5.74) is 3.84. The van der Waals surface area contributed by atoms with Crippen LogP contribution < -0.4 is 10.0 Å². The zero-order chi connectivity index (χ0) is 20.1. The molecule has 0 aromatic carbocycles. The lowest BCUT2D eigenvalue weighted by Crippen LogP contribution is -2.40. The molecule has 2 N–H and O–H groups in total. The van der Waals surface area contributed by atoms with Crippen molar-refractivity contribution in [3.63, 3.8) is 0 Å². The fourth-order valence-corrected chi connectivity index (χ4v) is 5.16. The number of aromatic nitrogens is 3. The molecule has 0 saturated carbocycles. The summed E-state index contributed by atoms with van der Waals surface area (Å²) in [6.07, 6.45) is 3.20. The number of pyridine rings is 1. The number of anilines is 1. The molecule has 3 aromatic heterocycles. The van der Waals surface area contributed by atoms with Gasteiger partial charge in [-0.05, 0) is 32.4 Å². The first kappa shape index (κ1) is 20.4. The average molecular weight is 422 g/mol. The number of thiazole rings is 1. The third-order valence-electron chi connectivity index (χ3n) is 4.23. The van der Waals surface area contributed by atoms with Gasteiger partial charge in [-0.1, -0.05) is 18.5 Å². The average Bonchev–Trinajstić information content (AvgIpc) is 3.30. The first-order chi connectivity index (χ1) is 13.4. The molecule has 3 rings (SSSR count). The Balaban J connectivity index is 1.76. The van der Waals surface area contributed by atoms with Crippen molar-refractivity contribution < 1.29 is 12.9 Å². The summed E-state index contributed by atoms with van der Waals surface area (Å²) in [5.74, 6) is 0.954. The van der Waals surface area contributed by atoms with Crippen LogP contribution in [0.15, 0.2) is 38.6 Å². The Kier molecular flexibility index (Phi) is 6.42. The Morgan fingerprint density at radius 2 is 2.11 bits per heavy atom. The van der Waals surface area contributed by atoms with E-state index in [9.17, 15) is 8.42 Å². The zero-order valence-electron chi connectivity index (χ0n) is 16.0. The maximum atomic E-state index is 12.8. The fraction of sp³-hybridized carbons (Fsp3) is 0.389. The molecule has 0 spiro atoms. The summed E-state index contributed by atoms with van der Waals surface area (Å²) < 4.78 is 33.4. The normalized spacial score (nSPS) is 12.8. The molecule has 0 bridgehead atoms. The molecule has 0 aliphatic rings. The van der Waals surface area contributed by atoms with E-state index >= 15 is 0 Å². The Morgan fingerprint density at radius 3 is 2.75 bits per heavy atom. The molecule has 3 aromatic rings. The van der Waals surface area contributed by atoms with E-state index < -0.39 is 10.0 Å². The summed E-state index contributed by atoms with van der Waals surface area (Å²) in [6.45, 7) is 5.62. The first-order valence-electron chi connectivity index (χ1n) is 8.95. The van der Waals surface area contributed by atoms with Gasteiger partial charge in [0, 0.05) is 29.7 Å². The summed E-state index contributed by atoms with van der Waals surface area (Å²) in [5, 5.41) is 8.96. The van der Waals surface area contributed by atoms with Crippen molar-refractivity contribution in [1.82, 2.24) is 19.8 Å². The standard InChI is InChI=1S/C18H23N5O3S2/c1-4-6-14(23-28(24,25)17-12(2)22-26-13(17)3)9-20-18-15(7-5-8-19-18)16-10-27-11-21-16/h5,7-8,10-11,14,23H,4,6,9H2,1-3H3,(H,19,20). The smallest absolute Gasteiger partial charge is 0.246 e. The van der Waals surface area contributed by atoms with Gasteiger partial charge in [0.15, 0.2) is 5.76 Å². The van der Waals surface area contributed by atoms with E-state index in [4.69, 9.17) is 4.52 Å². The van der Waals surface area contributed by atoms with E-state index in [2.05, 4.69) is 25.2 Å². The lowest BCUT2D eigenvalue weighted by molar-refractivity contribution is 0.390. The molecular formula is C18H23N5O3S2. The molecule has 0 aliphatic carbocycles. The highest BCUT2D eigenvalue weighted by molar-refractivity contribution is 7.89. The van der Waals surface area contributed by atoms with Gasteiger partial charge in [0.2, 0.25) is 10.0 Å². The van der Waals surface area contributed by atoms with Gasteiger partial charge in [0.1, 0.15) is 16.4 Å². The molecule has 8 nitrogen and oxygen atoms in total. The second-order valence-corrected chi connectivity index (χ2v) is 8.78. The summed E-state index contributed by atoms with van der Waals surface area (Å²) in [7, 11) is -3.73. The Hall–Kier alpha value is -2.30. The quantitative estimate of drug-likeness (QED) is 0.545. The zero-order valence-corrected chi connectivity index (χ0v) is 17.6. The minimum atomic E-state index is -3.73. The van der Waals surface area contributed by atoms with Crippen LogP contribution in [0.2, 0.25) is 0 Å². The molecule has 1 atom stereocenters. The maximum Gasteiger partial charge on any atom is 0.246 e. The second kappa shape index (κ2) is 8.80. The van der Waals surface area contributed by atoms with Gasteiger partial charge in [0.25, 0.3) is 0 Å². The maximum absolute atomic E-state index is 12.8. The third kappa shape index (κ3) is 4.57. The van der Waals surface area contributed by atoms with Gasteiger partial charge in [-0.3, -0.25) is 0 Å². The van der Waals surface area contributed by atoms with Crippen molar-refractivity contribution in [2.45, 2.75) is 44.6 Å². The fourth-order valence-electron chi connectivity index (χ4n) is 3.01. The van der Waals surface area contributed by atoms with Gasteiger partial charge >= 0.3 is 0 Å². The number of hydrogen-bond donors (Lipinski definition) is 2. The van der Waals surface area contributed by atoms with Crippen LogP contribution in [-0.4, -0.2) is 36.1 Å². The highest BCUT2D eigenvalue weighted by Crippen LogP contribution is 2.26. The van der Waals surface area contributed by atoms with Crippen molar-refractivity contribution in [2.75, 3.05) is 11.9 Å². The number of nitrogens with zero attached hydrogens (tertiary/aromatic N) is 3. The Morgan fingerprint density at radius 1 is 1.29 bits per heavy atom. The summed E-state index contributed by atoms with van der Waals surface area (Å²) in [4.78, 5) is 8.83. The monoisotopic (exact) mass is 421 g/mol. The van der Waals surface area contributed by atoms with Gasteiger partial charge < -0.3 is 9.84 Å². The topological polar surface area (TPSA) is 110 Å². The van der Waals surface area contributed by atoms with E-state index in [-0.39, 0.29) is 16.7 Å². The highest BCUT2D eigenvalue weighted by Gasteiger charge is 2.27. The predicted molar refractivity (Wildman–Crippen MR) is 109 cm³/mol. The first-order valence-corrected chi connectivity index (χ1v) is 11.4. The van der Waals surface area contributed by atoms with Gasteiger partial charge in [-0.15, -0.1) is 11.3 Å². The van der Waals surface area contributed by atoms with Crippen LogP contribution in [0.4, 0.5) is 5.82 Å². The molecule has 0 fully saturated rings. The second-order valence-electron chi connectivity index (χ2n) is 6.41. The van der Waals surface area contributed by atoms with Crippen molar-refractivity contribution in [3.05, 3.63) is 40.7 Å². The number of rotatable bonds is 9. The highest BCUT2D eigenvalue weighted by atomic mass is 32.2. The van der Waals surface area contributed by atoms with E-state index in [1.54, 1.807) is 25.6 Å². The van der Waals surface area contributed by atoms with Crippen LogP contribution >= 0.6 is 11.3 Å². The lowest BCUT2D eigenvalue weighted by atomic mass is 10.1. The Bertz CT molecular complexity index is 996. The van der Waals surface area contributed by atoms with Crippen molar-refractivity contribution >= 4 is 27.2 Å². The SMILES string of the molecule is CCCC(CNc1ncccc1-c1cscn1)NS(=O)(=O)c1c(C)noc1C. The number of hydrogen-bond acceptors (Lipinski definition) is 8. The molecule has 150 valence electrons. The van der Waals surface area contributed by atoms with Crippen LogP contribution in [-0.2, 0) is 10.0 Å². The lowest BCUT2D eigenvalue weighted by Gasteiger charge is -2.19. The Labute approximate surface area is 168 Å². The molecule has 1 unspecified atom stereocenters. The van der Waals surface area contributed by atoms with E-state index in [0.717, 1.165) is 17.7 Å². The molecule has 28 heavy (non-hydrogen) atoms. The van der Waals surface area contributed by atoms with Crippen LogP contribution in [0.1, 0.15) is 31.2 Å². The van der Waals surface area contributed by atoms with Gasteiger partial charge in [-0.2, -0.15) is 0 Å². The molecule has 0 amide bonds. The van der Waals surface area contributed by atoms with Crippen LogP contribution in [0, 0.1) is 13.8 Å². The molecular weight excluding hydrogens is 398 g/mol. The summed E-state index contributed by atoms with van der Waals surface area (Å²) >= 11 is 1.51. The van der Waals surface area contributed by atoms with Gasteiger partial charge in [-0.25, -0.2) is 23.1 Å². The number of sulfonamides is 1. The molecule has 10 heteroatoms. The molecule has 0 aliphatic heterocycles. The van der Waals surface area contributed by atoms with Gasteiger partial charge in [0.05, 0.1) is 11.2 Å². The minimum absolute atomic E-state index is 0.106. The van der Waals surface area contributed by atoms with E-state index in [0.29, 0.717) is 24.5 Å². The molecule has 3 heterocycles. The van der Waals surface area contributed by atoms with Crippen LogP contribution in [0.25, 0.3) is 11.3 Å². The van der Waals surface area contributed by atoms with Crippen LogP contribution in [0.3, 0.4) is 0 Å². The van der Waals surface area contributed by atoms with Crippen molar-refractivity contribution in [1.29, 1.82) is 0 Å². The molecule has 0 radical (unpaired) electrons. The van der Waals surface area contributed by atoms with Crippen molar-refractivity contribution in [3.8, 4) is 11.3 Å². The van der Waals surface area contributed by atoms with Crippen molar-refractivity contribution in [2.24, 2.45) is 0 Å². The largest absolute Gasteiger partial charge is 0.368 e. The number of aryl methyl sites for hydroxylation is 2. The predicted octanol–water partition coefficient (Wildman–Crippen LogP) is 3.37. The molecule has 0 saturated heterocycles. The summed E-state index contributed by atoms with van der Waals surface area (Å²) in [6, 6.07) is 3.48. The van der Waals surface area contributed by atoms with E-state index in [1.165, 1.54) is 11.3 Å². The number of nitrogens with one attached hydrogen (secondary N) is 2.